The van der Waals surface area contributed by atoms with E-state index in [4.69, 9.17) is 4.74 Å². The largest absolute Gasteiger partial charge is 0.496 e. The van der Waals surface area contributed by atoms with Crippen LogP contribution in [0.5, 0.6) is 5.75 Å². The van der Waals surface area contributed by atoms with Crippen LogP contribution in [0.3, 0.4) is 0 Å². The summed E-state index contributed by atoms with van der Waals surface area (Å²) in [4.78, 5) is 7.21. The molecule has 0 aliphatic carbocycles. The maximum atomic E-state index is 14.2. The Morgan fingerprint density at radius 2 is 2.05 bits per heavy atom. The highest BCUT2D eigenvalue weighted by Crippen LogP contribution is 2.36. The Hall–Kier alpha value is -2.36. The zero-order valence-corrected chi connectivity index (χ0v) is 13.0. The Bertz CT molecular complexity index is 683. The number of aromatic amines is 1. The van der Waals surface area contributed by atoms with Gasteiger partial charge in [-0.25, -0.2) is 9.37 Å². The van der Waals surface area contributed by atoms with Gasteiger partial charge in [-0.2, -0.15) is 0 Å². The van der Waals surface area contributed by atoms with Gasteiger partial charge in [-0.3, -0.25) is 0 Å². The number of ether oxygens (including phenoxy) is 1. The van der Waals surface area contributed by atoms with E-state index < -0.39 is 5.83 Å². The van der Waals surface area contributed by atoms with Crippen molar-refractivity contribution in [3.8, 4) is 5.75 Å². The van der Waals surface area contributed by atoms with E-state index in [1.165, 1.54) is 13.2 Å². The van der Waals surface area contributed by atoms with E-state index in [0.29, 0.717) is 28.0 Å². The molecular formula is C17H21FN2O. The molecular weight excluding hydrogens is 267 g/mol. The third-order valence-corrected chi connectivity index (χ3v) is 2.86. The van der Waals surface area contributed by atoms with Crippen LogP contribution >= 0.6 is 0 Å². The SMILES string of the molecule is C=C/C(=C(/F)C(=C)C)c1c(OC)ccc2[nH]cnc12.CC. The first-order valence-corrected chi connectivity index (χ1v) is 6.78. The number of rotatable bonds is 4. The van der Waals surface area contributed by atoms with Gasteiger partial charge in [0.05, 0.1) is 30.0 Å². The predicted molar refractivity (Wildman–Crippen MR) is 87.0 cm³/mol. The molecule has 2 rings (SSSR count). The van der Waals surface area contributed by atoms with E-state index in [1.807, 2.05) is 19.9 Å². The molecule has 4 heteroatoms. The van der Waals surface area contributed by atoms with Crippen molar-refractivity contribution in [1.82, 2.24) is 9.97 Å². The van der Waals surface area contributed by atoms with Crippen LogP contribution < -0.4 is 4.74 Å². The molecule has 0 aliphatic rings. The van der Waals surface area contributed by atoms with E-state index in [9.17, 15) is 4.39 Å². The van der Waals surface area contributed by atoms with Crippen LogP contribution in [-0.4, -0.2) is 17.1 Å². The molecule has 0 saturated heterocycles. The van der Waals surface area contributed by atoms with Crippen LogP contribution in [0.15, 0.2) is 49.1 Å². The molecule has 1 N–H and O–H groups in total. The molecule has 2 aromatic rings. The summed E-state index contributed by atoms with van der Waals surface area (Å²) in [7, 11) is 1.54. The Kier molecular flexibility index (Phi) is 5.91. The van der Waals surface area contributed by atoms with Crippen LogP contribution in [0, 0.1) is 0 Å². The number of H-pyrrole nitrogens is 1. The summed E-state index contributed by atoms with van der Waals surface area (Å²) in [5.74, 6) is 0.134. The summed E-state index contributed by atoms with van der Waals surface area (Å²) < 4.78 is 19.5. The van der Waals surface area contributed by atoms with E-state index in [-0.39, 0.29) is 0 Å². The number of aromatic nitrogens is 2. The number of nitrogens with zero attached hydrogens (tertiary/aromatic N) is 1. The Balaban J connectivity index is 0.00000106. The number of benzene rings is 1. The molecule has 3 nitrogen and oxygen atoms in total. The molecule has 0 radical (unpaired) electrons. The van der Waals surface area contributed by atoms with E-state index in [0.717, 1.165) is 5.52 Å². The second kappa shape index (κ2) is 7.43. The molecule has 0 aliphatic heterocycles. The minimum Gasteiger partial charge on any atom is -0.496 e. The number of methoxy groups -OCH3 is 1. The molecule has 0 atom stereocenters. The van der Waals surface area contributed by atoms with Gasteiger partial charge in [0, 0.05) is 5.57 Å². The summed E-state index contributed by atoms with van der Waals surface area (Å²) in [5, 5.41) is 0. The first-order valence-electron chi connectivity index (χ1n) is 6.78. The third kappa shape index (κ3) is 3.21. The summed E-state index contributed by atoms with van der Waals surface area (Å²) in [6.45, 7) is 12.9. The summed E-state index contributed by atoms with van der Waals surface area (Å²) >= 11 is 0. The van der Waals surface area contributed by atoms with E-state index in [1.54, 1.807) is 19.3 Å². The van der Waals surface area contributed by atoms with Crippen molar-refractivity contribution in [1.29, 1.82) is 0 Å². The summed E-state index contributed by atoms with van der Waals surface area (Å²) in [5.41, 5.74) is 2.71. The lowest BCUT2D eigenvalue weighted by atomic mass is 10.00. The number of imidazole rings is 1. The quantitative estimate of drug-likeness (QED) is 0.800. The number of nitrogens with one attached hydrogen (secondary N) is 1. The lowest BCUT2D eigenvalue weighted by molar-refractivity contribution is 0.414. The van der Waals surface area contributed by atoms with Gasteiger partial charge in [0.25, 0.3) is 0 Å². The Morgan fingerprint density at radius 1 is 1.38 bits per heavy atom. The number of halogens is 1. The average Bonchev–Trinajstić information content (AvgIpc) is 2.98. The highest BCUT2D eigenvalue weighted by Gasteiger charge is 2.17. The van der Waals surface area contributed by atoms with Crippen molar-refractivity contribution in [2.45, 2.75) is 20.8 Å². The standard InChI is InChI=1S/C15H15FN2O.C2H6/c1-5-10(14(16)9(2)3)13-12(19-4)7-6-11-15(13)18-8-17-11;1-2/h5-8H,1-2H2,3-4H3,(H,17,18);1-2H3/b14-10-;. The first-order chi connectivity index (χ1) is 10.1. The second-order valence-corrected chi connectivity index (χ2v) is 4.15. The molecule has 0 saturated carbocycles. The van der Waals surface area contributed by atoms with Gasteiger partial charge in [0.1, 0.15) is 11.6 Å². The lowest BCUT2D eigenvalue weighted by Crippen LogP contribution is -1.94. The molecule has 1 aromatic carbocycles. The zero-order chi connectivity index (χ0) is 16.0. The van der Waals surface area contributed by atoms with Gasteiger partial charge in [-0.1, -0.05) is 33.1 Å². The van der Waals surface area contributed by atoms with Crippen molar-refractivity contribution < 1.29 is 9.13 Å². The van der Waals surface area contributed by atoms with Crippen LogP contribution in [0.25, 0.3) is 16.6 Å². The number of hydrogen-bond acceptors (Lipinski definition) is 2. The van der Waals surface area contributed by atoms with Crippen LogP contribution in [0.4, 0.5) is 4.39 Å². The molecule has 1 aromatic heterocycles. The van der Waals surface area contributed by atoms with Crippen LogP contribution in [-0.2, 0) is 0 Å². The molecule has 0 bridgehead atoms. The van der Waals surface area contributed by atoms with Gasteiger partial charge in [0.2, 0.25) is 0 Å². The molecule has 0 unspecified atom stereocenters. The lowest BCUT2D eigenvalue weighted by Gasteiger charge is -2.11. The fraction of sp³-hybridized carbons (Fsp3) is 0.235. The van der Waals surface area contributed by atoms with Gasteiger partial charge >= 0.3 is 0 Å². The Morgan fingerprint density at radius 3 is 2.57 bits per heavy atom. The molecule has 21 heavy (non-hydrogen) atoms. The summed E-state index contributed by atoms with van der Waals surface area (Å²) in [6, 6.07) is 3.61. The van der Waals surface area contributed by atoms with Crippen molar-refractivity contribution in [2.24, 2.45) is 0 Å². The third-order valence-electron chi connectivity index (χ3n) is 2.86. The first kappa shape index (κ1) is 16.7. The molecule has 0 spiro atoms. The number of hydrogen-bond donors (Lipinski definition) is 1. The van der Waals surface area contributed by atoms with Crippen molar-refractivity contribution in [3.63, 3.8) is 0 Å². The minimum absolute atomic E-state index is 0.335. The minimum atomic E-state index is -0.413. The van der Waals surface area contributed by atoms with E-state index >= 15 is 0 Å². The predicted octanol–water partition coefficient (Wildman–Crippen LogP) is 5.04. The van der Waals surface area contributed by atoms with Gasteiger partial charge < -0.3 is 9.72 Å². The van der Waals surface area contributed by atoms with Gasteiger partial charge in [-0.05, 0) is 24.6 Å². The highest BCUT2D eigenvalue weighted by atomic mass is 19.1. The van der Waals surface area contributed by atoms with Crippen molar-refractivity contribution >= 4 is 16.6 Å². The van der Waals surface area contributed by atoms with E-state index in [2.05, 4.69) is 23.1 Å². The maximum Gasteiger partial charge on any atom is 0.133 e. The Labute approximate surface area is 124 Å². The fourth-order valence-corrected chi connectivity index (χ4v) is 1.95. The molecule has 0 fully saturated rings. The average molecular weight is 288 g/mol. The highest BCUT2D eigenvalue weighted by molar-refractivity contribution is 5.96. The van der Waals surface area contributed by atoms with Gasteiger partial charge in [-0.15, -0.1) is 0 Å². The van der Waals surface area contributed by atoms with Crippen LogP contribution in [0.2, 0.25) is 0 Å². The van der Waals surface area contributed by atoms with Crippen molar-refractivity contribution in [3.05, 3.63) is 54.7 Å². The van der Waals surface area contributed by atoms with Crippen LogP contribution in [0.1, 0.15) is 26.3 Å². The summed E-state index contributed by atoms with van der Waals surface area (Å²) in [6.07, 6.45) is 3.02. The smallest absolute Gasteiger partial charge is 0.133 e. The second-order valence-electron chi connectivity index (χ2n) is 4.15. The number of fused-ring (bicyclic) bond motifs is 1. The molecule has 0 amide bonds. The number of allylic oxidation sites excluding steroid dienone is 4. The monoisotopic (exact) mass is 288 g/mol. The van der Waals surface area contributed by atoms with Gasteiger partial charge in [0.15, 0.2) is 0 Å². The zero-order valence-electron chi connectivity index (χ0n) is 13.0. The normalized spacial score (nSPS) is 11.3. The van der Waals surface area contributed by atoms with Crippen molar-refractivity contribution in [2.75, 3.05) is 7.11 Å². The topological polar surface area (TPSA) is 37.9 Å². The fourth-order valence-electron chi connectivity index (χ4n) is 1.95. The molecule has 112 valence electrons. The molecule has 1 heterocycles. The maximum absolute atomic E-state index is 14.2.